The summed E-state index contributed by atoms with van der Waals surface area (Å²) < 4.78 is 0. The van der Waals surface area contributed by atoms with E-state index in [1.807, 2.05) is 19.0 Å². The second kappa shape index (κ2) is 4.58. The van der Waals surface area contributed by atoms with E-state index in [-0.39, 0.29) is 17.5 Å². The lowest BCUT2D eigenvalue weighted by molar-refractivity contribution is -0.135. The third-order valence-corrected chi connectivity index (χ3v) is 4.09. The molecule has 4 heteroatoms. The van der Waals surface area contributed by atoms with Crippen molar-refractivity contribution in [3.8, 4) is 0 Å². The fraction of sp³-hybridized carbons (Fsp3) is 0.923. The molecule has 0 spiro atoms. The van der Waals surface area contributed by atoms with Crippen LogP contribution in [0.15, 0.2) is 0 Å². The van der Waals surface area contributed by atoms with E-state index in [0.29, 0.717) is 6.04 Å². The summed E-state index contributed by atoms with van der Waals surface area (Å²) in [4.78, 5) is 16.8. The second-order valence-corrected chi connectivity index (χ2v) is 6.03. The Balaban J connectivity index is 2.27. The molecule has 1 unspecified atom stereocenters. The molecule has 1 saturated heterocycles. The predicted molar refractivity (Wildman–Crippen MR) is 68.9 cm³/mol. The zero-order valence-electron chi connectivity index (χ0n) is 11.5. The largest absolute Gasteiger partial charge is 0.344 e. The number of hydrogen-bond donors (Lipinski definition) is 1. The van der Waals surface area contributed by atoms with Crippen LogP contribution in [0.5, 0.6) is 0 Å². The lowest BCUT2D eigenvalue weighted by Crippen LogP contribution is -2.57. The molecule has 0 aromatic heterocycles. The Labute approximate surface area is 104 Å². The van der Waals surface area contributed by atoms with E-state index in [2.05, 4.69) is 24.1 Å². The molecule has 1 aliphatic heterocycles. The van der Waals surface area contributed by atoms with Gasteiger partial charge in [-0.05, 0) is 40.2 Å². The molecular weight excluding hydrogens is 214 g/mol. The standard InChI is InChI=1S/C13H25N3O/c1-13(2)7-8-15(4)12(17)11(9-14-3)16(13)10-5-6-10/h10-11,14H,5-9H2,1-4H3. The Hall–Kier alpha value is -0.610. The third kappa shape index (κ3) is 2.47. The van der Waals surface area contributed by atoms with Gasteiger partial charge in [0.05, 0.1) is 0 Å². The minimum absolute atomic E-state index is 0.00926. The van der Waals surface area contributed by atoms with Crippen LogP contribution < -0.4 is 5.32 Å². The van der Waals surface area contributed by atoms with Crippen molar-refractivity contribution < 1.29 is 4.79 Å². The van der Waals surface area contributed by atoms with Crippen LogP contribution in [0.3, 0.4) is 0 Å². The number of hydrogen-bond acceptors (Lipinski definition) is 3. The second-order valence-electron chi connectivity index (χ2n) is 6.03. The minimum Gasteiger partial charge on any atom is -0.344 e. The summed E-state index contributed by atoms with van der Waals surface area (Å²) in [6.07, 6.45) is 3.56. The topological polar surface area (TPSA) is 35.6 Å². The van der Waals surface area contributed by atoms with Crippen LogP contribution in [0.1, 0.15) is 33.1 Å². The number of nitrogens with one attached hydrogen (secondary N) is 1. The van der Waals surface area contributed by atoms with Crippen molar-refractivity contribution in [2.45, 2.75) is 50.7 Å². The van der Waals surface area contributed by atoms with Crippen molar-refractivity contribution in [1.82, 2.24) is 15.1 Å². The van der Waals surface area contributed by atoms with Crippen molar-refractivity contribution in [3.63, 3.8) is 0 Å². The number of nitrogens with zero attached hydrogens (tertiary/aromatic N) is 2. The Morgan fingerprint density at radius 2 is 2.06 bits per heavy atom. The highest BCUT2D eigenvalue weighted by molar-refractivity contribution is 5.82. The van der Waals surface area contributed by atoms with Gasteiger partial charge in [0.15, 0.2) is 0 Å². The molecule has 0 radical (unpaired) electrons. The van der Waals surface area contributed by atoms with E-state index in [4.69, 9.17) is 0 Å². The van der Waals surface area contributed by atoms with Crippen LogP contribution in [0.2, 0.25) is 0 Å². The Kier molecular flexibility index (Phi) is 3.46. The molecule has 0 bridgehead atoms. The van der Waals surface area contributed by atoms with E-state index in [0.717, 1.165) is 19.5 Å². The average molecular weight is 239 g/mol. The summed E-state index contributed by atoms with van der Waals surface area (Å²) in [7, 11) is 3.85. The molecule has 2 fully saturated rings. The first-order valence-electron chi connectivity index (χ1n) is 6.65. The molecule has 1 atom stereocenters. The summed E-state index contributed by atoms with van der Waals surface area (Å²) in [6.45, 7) is 6.18. The van der Waals surface area contributed by atoms with Gasteiger partial charge in [0.2, 0.25) is 5.91 Å². The SMILES string of the molecule is CNCC1C(=O)N(C)CCC(C)(C)N1C1CC1. The maximum absolute atomic E-state index is 12.4. The molecule has 2 rings (SSSR count). The van der Waals surface area contributed by atoms with Crippen molar-refractivity contribution in [2.75, 3.05) is 27.2 Å². The zero-order valence-corrected chi connectivity index (χ0v) is 11.5. The third-order valence-electron chi connectivity index (χ3n) is 4.09. The summed E-state index contributed by atoms with van der Waals surface area (Å²) in [6, 6.07) is 0.633. The van der Waals surface area contributed by atoms with E-state index in [1.54, 1.807) is 0 Å². The Morgan fingerprint density at radius 1 is 1.41 bits per heavy atom. The molecule has 1 aliphatic carbocycles. The zero-order chi connectivity index (χ0) is 12.6. The molecule has 1 amide bonds. The van der Waals surface area contributed by atoms with Crippen molar-refractivity contribution >= 4 is 5.91 Å². The van der Waals surface area contributed by atoms with E-state index >= 15 is 0 Å². The van der Waals surface area contributed by atoms with Crippen molar-refractivity contribution in [1.29, 1.82) is 0 Å². The van der Waals surface area contributed by atoms with Gasteiger partial charge in [-0.25, -0.2) is 0 Å². The van der Waals surface area contributed by atoms with E-state index in [9.17, 15) is 4.79 Å². The van der Waals surface area contributed by atoms with Crippen molar-refractivity contribution in [2.24, 2.45) is 0 Å². The number of carbonyl (C=O) groups excluding carboxylic acids is 1. The summed E-state index contributed by atoms with van der Waals surface area (Å²) in [5.41, 5.74) is 0.128. The number of rotatable bonds is 3. The van der Waals surface area contributed by atoms with Gasteiger partial charge in [-0.15, -0.1) is 0 Å². The highest BCUT2D eigenvalue weighted by Crippen LogP contribution is 2.38. The lowest BCUT2D eigenvalue weighted by Gasteiger charge is -2.41. The average Bonchev–Trinajstić information content (AvgIpc) is 3.07. The van der Waals surface area contributed by atoms with Crippen LogP contribution in [0, 0.1) is 0 Å². The van der Waals surface area contributed by atoms with Crippen LogP contribution in [0.25, 0.3) is 0 Å². The smallest absolute Gasteiger partial charge is 0.241 e. The summed E-state index contributed by atoms with van der Waals surface area (Å²) in [5, 5.41) is 3.18. The molecule has 2 aliphatic rings. The fourth-order valence-electron chi connectivity index (χ4n) is 2.96. The fourth-order valence-corrected chi connectivity index (χ4v) is 2.96. The van der Waals surface area contributed by atoms with Gasteiger partial charge in [0.1, 0.15) is 6.04 Å². The number of amides is 1. The first-order chi connectivity index (χ1) is 7.97. The first kappa shape index (κ1) is 12.8. The normalized spacial score (nSPS) is 30.5. The first-order valence-corrected chi connectivity index (χ1v) is 6.65. The predicted octanol–water partition coefficient (Wildman–Crippen LogP) is 0.680. The van der Waals surface area contributed by atoms with Crippen LogP contribution in [0.4, 0.5) is 0 Å². The number of carbonyl (C=O) groups is 1. The minimum atomic E-state index is 0.00926. The van der Waals surface area contributed by atoms with Gasteiger partial charge < -0.3 is 10.2 Å². The van der Waals surface area contributed by atoms with Crippen LogP contribution in [-0.2, 0) is 4.79 Å². The Morgan fingerprint density at radius 3 is 2.59 bits per heavy atom. The number of likely N-dealkylation sites (N-methyl/N-ethyl adjacent to an activating group) is 2. The molecule has 17 heavy (non-hydrogen) atoms. The Bertz CT molecular complexity index is 299. The molecule has 1 heterocycles. The molecule has 0 aromatic carbocycles. The molecule has 4 nitrogen and oxygen atoms in total. The monoisotopic (exact) mass is 239 g/mol. The highest BCUT2D eigenvalue weighted by Gasteiger charge is 2.47. The maximum atomic E-state index is 12.4. The summed E-state index contributed by atoms with van der Waals surface area (Å²) in [5.74, 6) is 0.275. The molecule has 1 N–H and O–H groups in total. The molecular formula is C13H25N3O. The quantitative estimate of drug-likeness (QED) is 0.786. The van der Waals surface area contributed by atoms with Crippen LogP contribution in [-0.4, -0.2) is 60.5 Å². The van der Waals surface area contributed by atoms with E-state index < -0.39 is 0 Å². The van der Waals surface area contributed by atoms with Crippen molar-refractivity contribution in [3.05, 3.63) is 0 Å². The molecule has 98 valence electrons. The van der Waals surface area contributed by atoms with Gasteiger partial charge in [0.25, 0.3) is 0 Å². The van der Waals surface area contributed by atoms with Crippen LogP contribution >= 0.6 is 0 Å². The van der Waals surface area contributed by atoms with Gasteiger partial charge in [0, 0.05) is 31.7 Å². The van der Waals surface area contributed by atoms with Gasteiger partial charge >= 0.3 is 0 Å². The van der Waals surface area contributed by atoms with Gasteiger partial charge in [-0.1, -0.05) is 0 Å². The van der Waals surface area contributed by atoms with Gasteiger partial charge in [-0.2, -0.15) is 0 Å². The lowest BCUT2D eigenvalue weighted by atomic mass is 9.96. The highest BCUT2D eigenvalue weighted by atomic mass is 16.2. The summed E-state index contributed by atoms with van der Waals surface area (Å²) >= 11 is 0. The van der Waals surface area contributed by atoms with Gasteiger partial charge in [-0.3, -0.25) is 9.69 Å². The molecule has 1 saturated carbocycles. The molecule has 0 aromatic rings. The van der Waals surface area contributed by atoms with E-state index in [1.165, 1.54) is 12.8 Å². The maximum Gasteiger partial charge on any atom is 0.241 e.